The molecule has 1 amide bonds. The SMILES string of the molecule is CN1CCN(C(CO)CCNC(=O)OC(C)(C)C)CC1. The molecule has 0 bridgehead atoms. The number of hydrogen-bond acceptors (Lipinski definition) is 5. The van der Waals surface area contributed by atoms with Crippen LogP contribution < -0.4 is 5.32 Å². The third kappa shape index (κ3) is 6.54. The average Bonchev–Trinajstić information content (AvgIpc) is 2.34. The molecule has 20 heavy (non-hydrogen) atoms. The number of nitrogens with zero attached hydrogens (tertiary/aromatic N) is 2. The second kappa shape index (κ2) is 7.81. The smallest absolute Gasteiger partial charge is 0.407 e. The van der Waals surface area contributed by atoms with Crippen LogP contribution in [0.1, 0.15) is 27.2 Å². The van der Waals surface area contributed by atoms with Gasteiger partial charge in [0.25, 0.3) is 0 Å². The summed E-state index contributed by atoms with van der Waals surface area (Å²) in [5, 5.41) is 12.2. The molecule has 0 aromatic heterocycles. The monoisotopic (exact) mass is 287 g/mol. The van der Waals surface area contributed by atoms with Gasteiger partial charge in [-0.15, -0.1) is 0 Å². The van der Waals surface area contributed by atoms with Gasteiger partial charge in [-0.25, -0.2) is 4.79 Å². The Morgan fingerprint density at radius 3 is 2.40 bits per heavy atom. The zero-order chi connectivity index (χ0) is 15.2. The first kappa shape index (κ1) is 17.2. The van der Waals surface area contributed by atoms with Crippen LogP contribution in [0.25, 0.3) is 0 Å². The van der Waals surface area contributed by atoms with E-state index in [4.69, 9.17) is 4.74 Å². The highest BCUT2D eigenvalue weighted by Crippen LogP contribution is 2.09. The maximum atomic E-state index is 11.5. The number of nitrogens with one attached hydrogen (secondary N) is 1. The van der Waals surface area contributed by atoms with Crippen LogP contribution in [0.15, 0.2) is 0 Å². The summed E-state index contributed by atoms with van der Waals surface area (Å²) in [6.45, 7) is 10.1. The molecule has 1 saturated heterocycles. The van der Waals surface area contributed by atoms with E-state index in [0.717, 1.165) is 32.6 Å². The first-order chi connectivity index (χ1) is 9.31. The molecule has 0 spiro atoms. The second-order valence-corrected chi connectivity index (χ2v) is 6.39. The number of likely N-dealkylation sites (N-methyl/N-ethyl adjacent to an activating group) is 1. The molecule has 6 nitrogen and oxygen atoms in total. The van der Waals surface area contributed by atoms with Crippen molar-refractivity contribution in [2.45, 2.75) is 38.8 Å². The van der Waals surface area contributed by atoms with Gasteiger partial charge in [-0.05, 0) is 34.2 Å². The maximum Gasteiger partial charge on any atom is 0.407 e. The predicted octanol–water partition coefficient (Wildman–Crippen LogP) is 0.510. The minimum absolute atomic E-state index is 0.110. The van der Waals surface area contributed by atoms with Crippen LogP contribution in [0, 0.1) is 0 Å². The van der Waals surface area contributed by atoms with Gasteiger partial charge in [-0.2, -0.15) is 0 Å². The Morgan fingerprint density at radius 1 is 1.30 bits per heavy atom. The van der Waals surface area contributed by atoms with Crippen molar-refractivity contribution in [1.29, 1.82) is 0 Å². The van der Waals surface area contributed by atoms with Crippen LogP contribution in [0.3, 0.4) is 0 Å². The lowest BCUT2D eigenvalue weighted by molar-refractivity contribution is 0.0494. The average molecular weight is 287 g/mol. The Kier molecular flexibility index (Phi) is 6.71. The summed E-state index contributed by atoms with van der Waals surface area (Å²) in [7, 11) is 2.11. The molecule has 1 aliphatic rings. The van der Waals surface area contributed by atoms with Crippen LogP contribution in [-0.2, 0) is 4.74 Å². The van der Waals surface area contributed by atoms with Crippen molar-refractivity contribution in [1.82, 2.24) is 15.1 Å². The van der Waals surface area contributed by atoms with Crippen molar-refractivity contribution in [3.63, 3.8) is 0 Å². The van der Waals surface area contributed by atoms with Crippen LogP contribution in [0.4, 0.5) is 4.79 Å². The molecule has 0 aromatic rings. The van der Waals surface area contributed by atoms with E-state index in [0.29, 0.717) is 6.54 Å². The van der Waals surface area contributed by atoms with E-state index >= 15 is 0 Å². The minimum Gasteiger partial charge on any atom is -0.444 e. The second-order valence-electron chi connectivity index (χ2n) is 6.39. The largest absolute Gasteiger partial charge is 0.444 e. The van der Waals surface area contributed by atoms with Gasteiger partial charge in [-0.3, -0.25) is 4.90 Å². The summed E-state index contributed by atoms with van der Waals surface area (Å²) in [5.74, 6) is 0. The molecule has 1 aliphatic heterocycles. The molecule has 2 N–H and O–H groups in total. The number of aliphatic hydroxyl groups is 1. The molecule has 0 saturated carbocycles. The number of carbonyl (C=O) groups is 1. The van der Waals surface area contributed by atoms with Crippen LogP contribution in [0.5, 0.6) is 0 Å². The Hall–Kier alpha value is -0.850. The molecule has 0 radical (unpaired) electrons. The van der Waals surface area contributed by atoms with Gasteiger partial charge in [0.05, 0.1) is 6.61 Å². The molecule has 1 unspecified atom stereocenters. The van der Waals surface area contributed by atoms with Gasteiger partial charge in [0.15, 0.2) is 0 Å². The summed E-state index contributed by atoms with van der Waals surface area (Å²) in [4.78, 5) is 16.1. The molecular formula is C14H29N3O3. The van der Waals surface area contributed by atoms with Crippen molar-refractivity contribution < 1.29 is 14.6 Å². The lowest BCUT2D eigenvalue weighted by atomic mass is 10.1. The Bertz CT molecular complexity index is 297. The number of carbonyl (C=O) groups excluding carboxylic acids is 1. The molecule has 1 atom stereocenters. The quantitative estimate of drug-likeness (QED) is 0.771. The topological polar surface area (TPSA) is 65.0 Å². The van der Waals surface area contributed by atoms with E-state index in [1.54, 1.807) is 0 Å². The first-order valence-corrected chi connectivity index (χ1v) is 7.32. The number of ether oxygens (including phenoxy) is 1. The van der Waals surface area contributed by atoms with Crippen LogP contribution >= 0.6 is 0 Å². The highest BCUT2D eigenvalue weighted by atomic mass is 16.6. The van der Waals surface area contributed by atoms with E-state index in [9.17, 15) is 9.90 Å². The van der Waals surface area contributed by atoms with Crippen molar-refractivity contribution in [3.05, 3.63) is 0 Å². The predicted molar refractivity (Wildman–Crippen MR) is 78.8 cm³/mol. The fourth-order valence-electron chi connectivity index (χ4n) is 2.23. The van der Waals surface area contributed by atoms with Crippen molar-refractivity contribution in [3.8, 4) is 0 Å². The fourth-order valence-corrected chi connectivity index (χ4v) is 2.23. The molecule has 0 aliphatic carbocycles. The third-order valence-corrected chi connectivity index (χ3v) is 3.41. The number of amides is 1. The molecule has 1 heterocycles. The van der Waals surface area contributed by atoms with Gasteiger partial charge < -0.3 is 20.1 Å². The maximum absolute atomic E-state index is 11.5. The highest BCUT2D eigenvalue weighted by Gasteiger charge is 2.22. The van der Waals surface area contributed by atoms with Crippen molar-refractivity contribution in [2.24, 2.45) is 0 Å². The number of rotatable bonds is 5. The molecule has 118 valence electrons. The fraction of sp³-hybridized carbons (Fsp3) is 0.929. The van der Waals surface area contributed by atoms with E-state index in [2.05, 4.69) is 22.2 Å². The highest BCUT2D eigenvalue weighted by molar-refractivity contribution is 5.67. The zero-order valence-electron chi connectivity index (χ0n) is 13.2. The normalized spacial score (nSPS) is 19.6. The Labute approximate surface area is 122 Å². The van der Waals surface area contributed by atoms with Gasteiger partial charge in [0, 0.05) is 38.8 Å². The minimum atomic E-state index is -0.474. The van der Waals surface area contributed by atoms with Gasteiger partial charge in [0.2, 0.25) is 0 Å². The van der Waals surface area contributed by atoms with E-state index in [-0.39, 0.29) is 12.6 Å². The van der Waals surface area contributed by atoms with Crippen molar-refractivity contribution in [2.75, 3.05) is 46.4 Å². The summed E-state index contributed by atoms with van der Waals surface area (Å²) in [5.41, 5.74) is -0.474. The number of hydrogen-bond donors (Lipinski definition) is 2. The van der Waals surface area contributed by atoms with Crippen LogP contribution in [-0.4, -0.2) is 79.0 Å². The van der Waals surface area contributed by atoms with E-state index in [1.807, 2.05) is 20.8 Å². The summed E-state index contributed by atoms with van der Waals surface area (Å²) < 4.78 is 5.18. The number of piperazine rings is 1. The Morgan fingerprint density at radius 2 is 1.90 bits per heavy atom. The molecule has 1 fully saturated rings. The molecule has 6 heteroatoms. The van der Waals surface area contributed by atoms with Crippen molar-refractivity contribution >= 4 is 6.09 Å². The zero-order valence-corrected chi connectivity index (χ0v) is 13.2. The first-order valence-electron chi connectivity index (χ1n) is 7.32. The summed E-state index contributed by atoms with van der Waals surface area (Å²) in [6.07, 6.45) is 0.340. The lowest BCUT2D eigenvalue weighted by Crippen LogP contribution is -2.51. The van der Waals surface area contributed by atoms with E-state index in [1.165, 1.54) is 0 Å². The van der Waals surface area contributed by atoms with Gasteiger partial charge in [-0.1, -0.05) is 0 Å². The third-order valence-electron chi connectivity index (χ3n) is 3.41. The standard InChI is InChI=1S/C14H29N3O3/c1-14(2,3)20-13(19)15-6-5-12(11-18)17-9-7-16(4)8-10-17/h12,18H,5-11H2,1-4H3,(H,15,19). The summed E-state index contributed by atoms with van der Waals surface area (Å²) in [6, 6.07) is 0.110. The van der Waals surface area contributed by atoms with Gasteiger partial charge >= 0.3 is 6.09 Å². The Balaban J connectivity index is 2.26. The molecular weight excluding hydrogens is 258 g/mol. The van der Waals surface area contributed by atoms with Gasteiger partial charge in [0.1, 0.15) is 5.60 Å². The molecule has 0 aromatic carbocycles. The van der Waals surface area contributed by atoms with E-state index < -0.39 is 11.7 Å². The molecule has 1 rings (SSSR count). The lowest BCUT2D eigenvalue weighted by Gasteiger charge is -2.37. The van der Waals surface area contributed by atoms with Crippen LogP contribution in [0.2, 0.25) is 0 Å². The summed E-state index contributed by atoms with van der Waals surface area (Å²) >= 11 is 0. The number of alkyl carbamates (subject to hydrolysis) is 1. The number of aliphatic hydroxyl groups excluding tert-OH is 1.